The normalized spacial score (nSPS) is 24.4. The maximum atomic E-state index is 13.1. The second kappa shape index (κ2) is 8.10. The van der Waals surface area contributed by atoms with Crippen LogP contribution in [-0.4, -0.2) is 42.1 Å². The first-order valence-electron chi connectivity index (χ1n) is 10.7. The van der Waals surface area contributed by atoms with Crippen LogP contribution in [0.5, 0.6) is 0 Å². The fourth-order valence-corrected chi connectivity index (χ4v) is 4.73. The number of amides is 1. The van der Waals surface area contributed by atoms with Gasteiger partial charge in [-0.25, -0.2) is 14.6 Å². The minimum absolute atomic E-state index is 0.0279. The van der Waals surface area contributed by atoms with Crippen molar-refractivity contribution in [3.63, 3.8) is 0 Å². The second-order valence-electron chi connectivity index (χ2n) is 8.35. The highest BCUT2D eigenvalue weighted by molar-refractivity contribution is 5.78. The lowest BCUT2D eigenvalue weighted by atomic mass is 9.79. The summed E-state index contributed by atoms with van der Waals surface area (Å²) in [6, 6.07) is 4.13. The Hall–Kier alpha value is -2.87. The van der Waals surface area contributed by atoms with E-state index in [-0.39, 0.29) is 17.9 Å². The van der Waals surface area contributed by atoms with Crippen molar-refractivity contribution in [3.05, 3.63) is 54.0 Å². The number of hydrogen-bond donors (Lipinski definition) is 0. The lowest BCUT2D eigenvalue weighted by Gasteiger charge is -2.31. The molecule has 2 fully saturated rings. The van der Waals surface area contributed by atoms with Crippen LogP contribution in [0.1, 0.15) is 55.2 Å². The Morgan fingerprint density at radius 1 is 1.20 bits per heavy atom. The van der Waals surface area contributed by atoms with Gasteiger partial charge in [-0.05, 0) is 62.6 Å². The van der Waals surface area contributed by atoms with E-state index >= 15 is 0 Å². The quantitative estimate of drug-likeness (QED) is 0.662. The summed E-state index contributed by atoms with van der Waals surface area (Å²) < 4.78 is 1.82. The SMILES string of the molecule is Cc1nc2cc(C[C@H]3CC[C@H](C(=O)N4OCC[C@H]4c4cnccn4)CC3)ccn2n1. The Labute approximate surface area is 175 Å². The molecule has 1 saturated carbocycles. The molecular weight excluding hydrogens is 380 g/mol. The third kappa shape index (κ3) is 3.79. The number of fused-ring (bicyclic) bond motifs is 1. The van der Waals surface area contributed by atoms with Crippen LogP contribution in [0.3, 0.4) is 0 Å². The van der Waals surface area contributed by atoms with Crippen molar-refractivity contribution in [1.82, 2.24) is 29.6 Å². The van der Waals surface area contributed by atoms with E-state index in [1.807, 2.05) is 17.6 Å². The molecule has 1 aliphatic heterocycles. The van der Waals surface area contributed by atoms with Gasteiger partial charge in [-0.3, -0.25) is 19.6 Å². The van der Waals surface area contributed by atoms with Crippen LogP contribution in [0.15, 0.2) is 36.9 Å². The first kappa shape index (κ1) is 19.1. The Bertz CT molecular complexity index is 1030. The molecule has 8 heteroatoms. The van der Waals surface area contributed by atoms with Gasteiger partial charge in [0.15, 0.2) is 5.65 Å². The van der Waals surface area contributed by atoms with Crippen LogP contribution in [0.25, 0.3) is 5.65 Å². The molecule has 1 saturated heterocycles. The number of hydroxylamine groups is 2. The van der Waals surface area contributed by atoms with Crippen LogP contribution in [0.2, 0.25) is 0 Å². The van der Waals surface area contributed by atoms with Crippen LogP contribution in [0, 0.1) is 18.8 Å². The highest BCUT2D eigenvalue weighted by atomic mass is 16.7. The van der Waals surface area contributed by atoms with Gasteiger partial charge < -0.3 is 0 Å². The molecule has 0 unspecified atom stereocenters. The number of rotatable bonds is 4. The first-order valence-corrected chi connectivity index (χ1v) is 10.7. The molecule has 2 aliphatic rings. The van der Waals surface area contributed by atoms with Crippen LogP contribution in [-0.2, 0) is 16.1 Å². The van der Waals surface area contributed by atoms with Crippen molar-refractivity contribution in [1.29, 1.82) is 0 Å². The number of hydrogen-bond acceptors (Lipinski definition) is 6. The van der Waals surface area contributed by atoms with Gasteiger partial charge in [0.25, 0.3) is 0 Å². The number of carbonyl (C=O) groups excluding carboxylic acids is 1. The summed E-state index contributed by atoms with van der Waals surface area (Å²) in [4.78, 5) is 31.8. The van der Waals surface area contributed by atoms with E-state index < -0.39 is 0 Å². The Morgan fingerprint density at radius 3 is 2.87 bits per heavy atom. The number of aromatic nitrogens is 5. The van der Waals surface area contributed by atoms with Crippen molar-refractivity contribution in [2.24, 2.45) is 11.8 Å². The molecule has 1 amide bonds. The Morgan fingerprint density at radius 2 is 2.07 bits per heavy atom. The molecule has 4 heterocycles. The summed E-state index contributed by atoms with van der Waals surface area (Å²) in [6.45, 7) is 2.46. The second-order valence-corrected chi connectivity index (χ2v) is 8.35. The molecule has 0 bridgehead atoms. The smallest absolute Gasteiger partial charge is 0.249 e. The summed E-state index contributed by atoms with van der Waals surface area (Å²) in [5.41, 5.74) is 2.99. The predicted molar refractivity (Wildman–Crippen MR) is 109 cm³/mol. The molecule has 0 N–H and O–H groups in total. The third-order valence-corrected chi connectivity index (χ3v) is 6.27. The highest BCUT2D eigenvalue weighted by Gasteiger charge is 2.37. The predicted octanol–water partition coefficient (Wildman–Crippen LogP) is 3.08. The van der Waals surface area contributed by atoms with Crippen molar-refractivity contribution in [2.75, 3.05) is 6.61 Å². The highest BCUT2D eigenvalue weighted by Crippen LogP contribution is 2.36. The molecule has 8 nitrogen and oxygen atoms in total. The minimum Gasteiger partial charge on any atom is -0.272 e. The maximum absolute atomic E-state index is 13.1. The number of nitrogens with zero attached hydrogens (tertiary/aromatic N) is 6. The van der Waals surface area contributed by atoms with Gasteiger partial charge in [-0.15, -0.1) is 0 Å². The first-order chi connectivity index (χ1) is 14.7. The largest absolute Gasteiger partial charge is 0.272 e. The number of aryl methyl sites for hydroxylation is 1. The summed E-state index contributed by atoms with van der Waals surface area (Å²) >= 11 is 0. The lowest BCUT2D eigenvalue weighted by Crippen LogP contribution is -2.37. The van der Waals surface area contributed by atoms with E-state index in [1.165, 1.54) is 5.56 Å². The van der Waals surface area contributed by atoms with Crippen LogP contribution < -0.4 is 0 Å². The van der Waals surface area contributed by atoms with Gasteiger partial charge in [0.2, 0.25) is 5.91 Å². The molecule has 3 aromatic heterocycles. The summed E-state index contributed by atoms with van der Waals surface area (Å²) in [5.74, 6) is 1.51. The molecule has 0 radical (unpaired) electrons. The van der Waals surface area contributed by atoms with Gasteiger partial charge in [-0.2, -0.15) is 5.10 Å². The molecule has 30 heavy (non-hydrogen) atoms. The van der Waals surface area contributed by atoms with E-state index in [9.17, 15) is 4.79 Å². The summed E-state index contributed by atoms with van der Waals surface area (Å²) in [5, 5.41) is 5.91. The zero-order valence-electron chi connectivity index (χ0n) is 17.1. The van der Waals surface area contributed by atoms with Gasteiger partial charge in [0, 0.05) is 30.9 Å². The Balaban J connectivity index is 1.19. The van der Waals surface area contributed by atoms with Gasteiger partial charge >= 0.3 is 0 Å². The van der Waals surface area contributed by atoms with Crippen molar-refractivity contribution in [3.8, 4) is 0 Å². The molecule has 3 aromatic rings. The zero-order valence-corrected chi connectivity index (χ0v) is 17.1. The lowest BCUT2D eigenvalue weighted by molar-refractivity contribution is -0.183. The van der Waals surface area contributed by atoms with Crippen molar-refractivity contribution in [2.45, 2.75) is 51.5 Å². The zero-order chi connectivity index (χ0) is 20.5. The molecule has 0 spiro atoms. The van der Waals surface area contributed by atoms with Gasteiger partial charge in [-0.1, -0.05) is 0 Å². The van der Waals surface area contributed by atoms with Crippen LogP contribution >= 0.6 is 0 Å². The van der Waals surface area contributed by atoms with E-state index in [0.29, 0.717) is 12.5 Å². The molecule has 5 rings (SSSR count). The summed E-state index contributed by atoms with van der Waals surface area (Å²) in [7, 11) is 0. The van der Waals surface area contributed by atoms with Crippen molar-refractivity contribution >= 4 is 11.6 Å². The van der Waals surface area contributed by atoms with Gasteiger partial charge in [0.05, 0.1) is 18.5 Å². The fourth-order valence-electron chi connectivity index (χ4n) is 4.73. The van der Waals surface area contributed by atoms with E-state index in [1.54, 1.807) is 23.7 Å². The number of carbonyl (C=O) groups is 1. The topological polar surface area (TPSA) is 85.5 Å². The van der Waals surface area contributed by atoms with E-state index in [0.717, 1.165) is 55.7 Å². The standard InChI is InChI=1S/C22H26N6O2/c1-15-25-21-13-17(6-10-27(21)26-15)12-16-2-4-18(5-3-16)22(29)28-20(7-11-30-28)19-14-23-8-9-24-19/h6,8-10,13-14,16,18,20H,2-5,7,11-12H2,1H3/t16-,18-,20-/m0/s1. The van der Waals surface area contributed by atoms with Crippen molar-refractivity contribution < 1.29 is 9.63 Å². The van der Waals surface area contributed by atoms with E-state index in [2.05, 4.69) is 32.2 Å². The van der Waals surface area contributed by atoms with Crippen LogP contribution in [0.4, 0.5) is 0 Å². The maximum Gasteiger partial charge on any atom is 0.249 e. The Kier molecular flexibility index (Phi) is 5.16. The molecule has 1 aliphatic carbocycles. The molecular formula is C22H26N6O2. The van der Waals surface area contributed by atoms with Gasteiger partial charge in [0.1, 0.15) is 11.9 Å². The number of pyridine rings is 1. The third-order valence-electron chi connectivity index (χ3n) is 6.27. The average Bonchev–Trinajstić information content (AvgIpc) is 3.40. The van der Waals surface area contributed by atoms with E-state index in [4.69, 9.17) is 4.84 Å². The summed E-state index contributed by atoms with van der Waals surface area (Å²) in [6.07, 6.45) is 12.7. The average molecular weight is 406 g/mol. The molecule has 1 atom stereocenters. The molecule has 156 valence electrons. The monoisotopic (exact) mass is 406 g/mol. The minimum atomic E-state index is -0.123. The molecule has 0 aromatic carbocycles. The fraction of sp³-hybridized carbons (Fsp3) is 0.500.